The summed E-state index contributed by atoms with van der Waals surface area (Å²) in [7, 11) is 0. The highest BCUT2D eigenvalue weighted by atomic mass is 16.1. The summed E-state index contributed by atoms with van der Waals surface area (Å²) in [6.45, 7) is 0. The first-order valence-electron chi connectivity index (χ1n) is 2.97. The molecular weight excluding hydrogens is 116 g/mol. The van der Waals surface area contributed by atoms with Gasteiger partial charge in [-0.3, -0.25) is 4.79 Å². The van der Waals surface area contributed by atoms with Gasteiger partial charge in [0.25, 0.3) is 0 Å². The van der Waals surface area contributed by atoms with Gasteiger partial charge < -0.3 is 4.79 Å². The quantitative estimate of drug-likeness (QED) is 0.483. The first-order valence-corrected chi connectivity index (χ1v) is 2.97. The molecule has 1 rings (SSSR count). The van der Waals surface area contributed by atoms with Crippen LogP contribution in [0, 0.1) is 5.92 Å². The maximum atomic E-state index is 10.6. The minimum absolute atomic E-state index is 0.0532. The summed E-state index contributed by atoms with van der Waals surface area (Å²) in [5.41, 5.74) is 0. The summed E-state index contributed by atoms with van der Waals surface area (Å²) in [5.74, 6) is 0.0147. The predicted molar refractivity (Wildman–Crippen MR) is 32.9 cm³/mol. The molecule has 1 aliphatic carbocycles. The fourth-order valence-corrected chi connectivity index (χ4v) is 0.888. The van der Waals surface area contributed by atoms with Gasteiger partial charge in [-0.2, -0.15) is 0 Å². The summed E-state index contributed by atoms with van der Waals surface area (Å²) in [6.07, 6.45) is 5.28. The molecule has 9 heavy (non-hydrogen) atoms. The van der Waals surface area contributed by atoms with Gasteiger partial charge in [0, 0.05) is 12.3 Å². The molecule has 0 heterocycles. The third-order valence-corrected chi connectivity index (χ3v) is 1.40. The van der Waals surface area contributed by atoms with Crippen molar-refractivity contribution >= 4 is 12.1 Å². The van der Waals surface area contributed by atoms with Gasteiger partial charge in [0.2, 0.25) is 0 Å². The Hall–Kier alpha value is -0.920. The molecule has 0 radical (unpaired) electrons. The van der Waals surface area contributed by atoms with E-state index in [0.717, 1.165) is 12.7 Å². The third kappa shape index (κ3) is 1.49. The van der Waals surface area contributed by atoms with E-state index in [9.17, 15) is 9.59 Å². The highest BCUT2D eigenvalue weighted by molar-refractivity contribution is 5.92. The van der Waals surface area contributed by atoms with Crippen LogP contribution in [0.4, 0.5) is 0 Å². The molecule has 1 aliphatic rings. The van der Waals surface area contributed by atoms with E-state index in [1.807, 2.05) is 0 Å². The second-order valence-electron chi connectivity index (χ2n) is 2.20. The van der Waals surface area contributed by atoms with Crippen LogP contribution in [-0.4, -0.2) is 12.1 Å². The van der Waals surface area contributed by atoms with E-state index in [2.05, 4.69) is 0 Å². The first-order chi connectivity index (χ1) is 4.33. The first kappa shape index (κ1) is 6.20. The van der Waals surface area contributed by atoms with Gasteiger partial charge in [-0.15, -0.1) is 0 Å². The van der Waals surface area contributed by atoms with E-state index in [1.54, 1.807) is 12.2 Å². The van der Waals surface area contributed by atoms with E-state index >= 15 is 0 Å². The zero-order valence-corrected chi connectivity index (χ0v) is 5.04. The van der Waals surface area contributed by atoms with Crippen LogP contribution in [0.5, 0.6) is 0 Å². The fourth-order valence-electron chi connectivity index (χ4n) is 0.888. The number of aldehydes is 1. The van der Waals surface area contributed by atoms with Crippen molar-refractivity contribution in [3.05, 3.63) is 12.2 Å². The molecule has 0 N–H and O–H groups in total. The Balaban J connectivity index is 2.56. The Kier molecular flexibility index (Phi) is 1.78. The number of ketones is 1. The van der Waals surface area contributed by atoms with E-state index in [-0.39, 0.29) is 11.7 Å². The Labute approximate surface area is 53.6 Å². The predicted octanol–water partition coefficient (Wildman–Crippen LogP) is 0.721. The summed E-state index contributed by atoms with van der Waals surface area (Å²) >= 11 is 0. The van der Waals surface area contributed by atoms with E-state index in [4.69, 9.17) is 0 Å². The van der Waals surface area contributed by atoms with Crippen molar-refractivity contribution in [1.82, 2.24) is 0 Å². The number of hydrogen-bond acceptors (Lipinski definition) is 2. The smallest absolute Gasteiger partial charge is 0.156 e. The van der Waals surface area contributed by atoms with Crippen LogP contribution >= 0.6 is 0 Å². The van der Waals surface area contributed by atoms with Crippen molar-refractivity contribution in [2.75, 3.05) is 0 Å². The van der Waals surface area contributed by atoms with Crippen LogP contribution in [0.25, 0.3) is 0 Å². The zero-order chi connectivity index (χ0) is 6.69. The molecule has 0 aromatic rings. The monoisotopic (exact) mass is 124 g/mol. The maximum absolute atomic E-state index is 10.6. The van der Waals surface area contributed by atoms with Crippen molar-refractivity contribution in [3.63, 3.8) is 0 Å². The van der Waals surface area contributed by atoms with Crippen LogP contribution in [0.15, 0.2) is 12.2 Å². The Morgan fingerprint density at radius 2 is 2.44 bits per heavy atom. The summed E-state index contributed by atoms with van der Waals surface area (Å²) in [6, 6.07) is 0. The average Bonchev–Trinajstić information content (AvgIpc) is 1.88. The maximum Gasteiger partial charge on any atom is 0.156 e. The van der Waals surface area contributed by atoms with Crippen LogP contribution in [-0.2, 0) is 9.59 Å². The molecule has 0 unspecified atom stereocenters. The zero-order valence-electron chi connectivity index (χ0n) is 5.04. The lowest BCUT2D eigenvalue weighted by Crippen LogP contribution is -2.10. The fraction of sp³-hybridized carbons (Fsp3) is 0.429. The lowest BCUT2D eigenvalue weighted by Gasteiger charge is -2.07. The largest absolute Gasteiger partial charge is 0.303 e. The molecular formula is C7H8O2. The highest BCUT2D eigenvalue weighted by Crippen LogP contribution is 2.12. The second kappa shape index (κ2) is 2.58. The van der Waals surface area contributed by atoms with Gasteiger partial charge in [-0.25, -0.2) is 0 Å². The molecule has 2 heteroatoms. The van der Waals surface area contributed by atoms with E-state index < -0.39 is 0 Å². The van der Waals surface area contributed by atoms with E-state index in [1.165, 1.54) is 0 Å². The second-order valence-corrected chi connectivity index (χ2v) is 2.20. The van der Waals surface area contributed by atoms with Crippen LogP contribution in [0.2, 0.25) is 0 Å². The highest BCUT2D eigenvalue weighted by Gasteiger charge is 2.13. The Bertz CT molecular complexity index is 158. The standard InChI is InChI=1S/C7H8O2/c8-5-6-2-1-3-7(9)4-6/h1,3,5-6H,2,4H2/t6-/m0/s1. The SMILES string of the molecule is O=C[C@H]1CC=CC(=O)C1. The van der Waals surface area contributed by atoms with Gasteiger partial charge in [0.05, 0.1) is 0 Å². The molecule has 0 spiro atoms. The number of carbonyl (C=O) groups is 2. The van der Waals surface area contributed by atoms with E-state index in [0.29, 0.717) is 6.42 Å². The summed E-state index contributed by atoms with van der Waals surface area (Å²) < 4.78 is 0. The molecule has 0 aromatic heterocycles. The minimum atomic E-state index is -0.0532. The number of allylic oxidation sites excluding steroid dienone is 2. The lowest BCUT2D eigenvalue weighted by atomic mass is 9.95. The third-order valence-electron chi connectivity index (χ3n) is 1.40. The topological polar surface area (TPSA) is 34.1 Å². The molecule has 1 atom stereocenters. The summed E-state index contributed by atoms with van der Waals surface area (Å²) in [4.78, 5) is 20.7. The average molecular weight is 124 g/mol. The van der Waals surface area contributed by atoms with Gasteiger partial charge >= 0.3 is 0 Å². The normalized spacial score (nSPS) is 26.2. The van der Waals surface area contributed by atoms with Crippen LogP contribution < -0.4 is 0 Å². The van der Waals surface area contributed by atoms with Gasteiger partial charge in [0.15, 0.2) is 5.78 Å². The Morgan fingerprint density at radius 3 is 2.89 bits per heavy atom. The molecule has 0 saturated heterocycles. The van der Waals surface area contributed by atoms with Crippen molar-refractivity contribution in [2.45, 2.75) is 12.8 Å². The number of rotatable bonds is 1. The van der Waals surface area contributed by atoms with Crippen LogP contribution in [0.3, 0.4) is 0 Å². The van der Waals surface area contributed by atoms with Gasteiger partial charge in [-0.05, 0) is 12.5 Å². The van der Waals surface area contributed by atoms with Crippen molar-refractivity contribution in [2.24, 2.45) is 5.92 Å². The molecule has 48 valence electrons. The van der Waals surface area contributed by atoms with Crippen LogP contribution in [0.1, 0.15) is 12.8 Å². The lowest BCUT2D eigenvalue weighted by molar-refractivity contribution is -0.119. The number of hydrogen-bond donors (Lipinski definition) is 0. The number of carbonyl (C=O) groups excluding carboxylic acids is 2. The molecule has 0 aliphatic heterocycles. The van der Waals surface area contributed by atoms with Gasteiger partial charge in [-0.1, -0.05) is 6.08 Å². The molecule has 0 aromatic carbocycles. The van der Waals surface area contributed by atoms with Crippen molar-refractivity contribution in [3.8, 4) is 0 Å². The Morgan fingerprint density at radius 1 is 1.67 bits per heavy atom. The van der Waals surface area contributed by atoms with Crippen molar-refractivity contribution < 1.29 is 9.59 Å². The van der Waals surface area contributed by atoms with Gasteiger partial charge in [0.1, 0.15) is 6.29 Å². The van der Waals surface area contributed by atoms with Crippen molar-refractivity contribution in [1.29, 1.82) is 0 Å². The molecule has 2 nitrogen and oxygen atoms in total. The molecule has 0 saturated carbocycles. The summed E-state index contributed by atoms with van der Waals surface area (Å²) in [5, 5.41) is 0. The molecule has 0 bridgehead atoms. The molecule has 0 amide bonds. The minimum Gasteiger partial charge on any atom is -0.303 e. The molecule has 0 fully saturated rings.